The van der Waals surface area contributed by atoms with Crippen molar-refractivity contribution < 1.29 is 0 Å². The van der Waals surface area contributed by atoms with Gasteiger partial charge in [0.05, 0.1) is 8.07 Å². The molecule has 4 aliphatic rings. The molecular weight excluding hydrogens is 404 g/mol. The molecule has 3 saturated carbocycles. The van der Waals surface area contributed by atoms with E-state index in [1.54, 1.807) is 11.1 Å². The quantitative estimate of drug-likeness (QED) is 0.325. The Kier molecular flexibility index (Phi) is 4.01. The first-order valence-electron chi connectivity index (χ1n) is 12.5. The molecule has 8 atom stereocenters. The zero-order valence-electron chi connectivity index (χ0n) is 20.1. The molecule has 0 aliphatic heterocycles. The molecule has 4 aliphatic carbocycles. The van der Waals surface area contributed by atoms with Crippen LogP contribution in [0.3, 0.4) is 0 Å². The third kappa shape index (κ3) is 2.31. The standard InChI is InChI=1S/C29H38Si2/c1-30(2,3)26-24(20-13-9-7-10-14-20)25(26)27-28(21-15-11-8-12-16-21)22-17-18-23(19-22)29(27,28)31(4,5)6/h7-18,22-27H,19H2,1-6H3. The second-order valence-corrected chi connectivity index (χ2v) is 23.8. The van der Waals surface area contributed by atoms with Crippen molar-refractivity contribution in [3.05, 3.63) is 83.9 Å². The third-order valence-corrected chi connectivity index (χ3v) is 16.3. The number of hydrogen-bond acceptors (Lipinski definition) is 0. The van der Waals surface area contributed by atoms with Gasteiger partial charge < -0.3 is 0 Å². The van der Waals surface area contributed by atoms with Crippen LogP contribution in [-0.4, -0.2) is 16.1 Å². The van der Waals surface area contributed by atoms with Crippen LogP contribution in [0.25, 0.3) is 0 Å². The van der Waals surface area contributed by atoms with E-state index >= 15 is 0 Å². The summed E-state index contributed by atoms with van der Waals surface area (Å²) < 4.78 is 0. The monoisotopic (exact) mass is 442 g/mol. The molecule has 0 amide bonds. The predicted molar refractivity (Wildman–Crippen MR) is 138 cm³/mol. The van der Waals surface area contributed by atoms with E-state index in [-0.39, 0.29) is 0 Å². The van der Waals surface area contributed by atoms with E-state index in [0.717, 1.165) is 35.1 Å². The van der Waals surface area contributed by atoms with Crippen molar-refractivity contribution in [2.24, 2.45) is 23.7 Å². The van der Waals surface area contributed by atoms with E-state index in [2.05, 4.69) is 112 Å². The average molecular weight is 443 g/mol. The summed E-state index contributed by atoms with van der Waals surface area (Å²) in [6, 6.07) is 23.4. The molecule has 3 fully saturated rings. The third-order valence-electron chi connectivity index (χ3n) is 9.97. The molecule has 0 aromatic heterocycles. The van der Waals surface area contributed by atoms with Crippen molar-refractivity contribution >= 4 is 16.1 Å². The maximum atomic E-state index is 2.70. The predicted octanol–water partition coefficient (Wildman–Crippen LogP) is 7.96. The van der Waals surface area contributed by atoms with E-state index in [1.807, 2.05) is 0 Å². The smallest absolute Gasteiger partial charge is 0.0528 e. The van der Waals surface area contributed by atoms with Gasteiger partial charge in [0.25, 0.3) is 0 Å². The fourth-order valence-electron chi connectivity index (χ4n) is 9.57. The van der Waals surface area contributed by atoms with Gasteiger partial charge in [-0.2, -0.15) is 0 Å². The zero-order valence-corrected chi connectivity index (χ0v) is 22.1. The van der Waals surface area contributed by atoms with Gasteiger partial charge in [0.1, 0.15) is 0 Å². The molecule has 0 N–H and O–H groups in total. The molecule has 0 saturated heterocycles. The van der Waals surface area contributed by atoms with Crippen LogP contribution >= 0.6 is 0 Å². The zero-order chi connectivity index (χ0) is 21.8. The molecule has 0 spiro atoms. The van der Waals surface area contributed by atoms with Gasteiger partial charge in [-0.15, -0.1) is 0 Å². The first kappa shape index (κ1) is 20.2. The normalized spacial score (nSPS) is 42.5. The summed E-state index contributed by atoms with van der Waals surface area (Å²) in [5.74, 6) is 4.11. The molecule has 8 unspecified atom stereocenters. The fourth-order valence-corrected chi connectivity index (χ4v) is 16.8. The SMILES string of the molecule is C[Si](C)(C)C1C(c2ccccc2)C1C1C2(c3ccccc3)C3C=CC(C3)C12[Si](C)(C)C. The van der Waals surface area contributed by atoms with Crippen molar-refractivity contribution in [3.63, 3.8) is 0 Å². The van der Waals surface area contributed by atoms with Gasteiger partial charge in [0.15, 0.2) is 0 Å². The Morgan fingerprint density at radius 3 is 1.90 bits per heavy atom. The molecule has 2 heteroatoms. The number of rotatable bonds is 5. The van der Waals surface area contributed by atoms with Crippen LogP contribution in [0, 0.1) is 23.7 Å². The first-order chi connectivity index (χ1) is 14.7. The molecule has 31 heavy (non-hydrogen) atoms. The second kappa shape index (κ2) is 6.14. The van der Waals surface area contributed by atoms with Crippen LogP contribution in [0.4, 0.5) is 0 Å². The van der Waals surface area contributed by atoms with Gasteiger partial charge in [-0.05, 0) is 57.7 Å². The lowest BCUT2D eigenvalue weighted by atomic mass is 9.80. The molecule has 162 valence electrons. The minimum Gasteiger partial charge on any atom is -0.0848 e. The average Bonchev–Trinajstić information content (AvgIpc) is 3.53. The van der Waals surface area contributed by atoms with Gasteiger partial charge in [-0.1, -0.05) is 112 Å². The van der Waals surface area contributed by atoms with Crippen LogP contribution < -0.4 is 0 Å². The summed E-state index contributed by atoms with van der Waals surface area (Å²) >= 11 is 0. The maximum Gasteiger partial charge on any atom is 0.0528 e. The lowest BCUT2D eigenvalue weighted by Crippen LogP contribution is -2.38. The summed E-state index contributed by atoms with van der Waals surface area (Å²) in [6.45, 7) is 16.0. The van der Waals surface area contributed by atoms with Gasteiger partial charge in [0.2, 0.25) is 0 Å². The summed E-state index contributed by atoms with van der Waals surface area (Å²) in [5.41, 5.74) is 4.63. The summed E-state index contributed by atoms with van der Waals surface area (Å²) in [5, 5.41) is 0.548. The van der Waals surface area contributed by atoms with E-state index in [9.17, 15) is 0 Å². The van der Waals surface area contributed by atoms with Gasteiger partial charge >= 0.3 is 0 Å². The van der Waals surface area contributed by atoms with Gasteiger partial charge in [-0.3, -0.25) is 0 Å². The largest absolute Gasteiger partial charge is 0.0848 e. The highest BCUT2D eigenvalue weighted by Crippen LogP contribution is 2.97. The molecular formula is C29H38Si2. The minimum absolute atomic E-state index is 0.407. The Morgan fingerprint density at radius 2 is 1.32 bits per heavy atom. The van der Waals surface area contributed by atoms with Crippen LogP contribution in [-0.2, 0) is 5.41 Å². The molecule has 2 bridgehead atoms. The summed E-state index contributed by atoms with van der Waals surface area (Å²) in [7, 11) is -2.68. The minimum atomic E-state index is -1.42. The van der Waals surface area contributed by atoms with Crippen LogP contribution in [0.1, 0.15) is 23.5 Å². The summed E-state index contributed by atoms with van der Waals surface area (Å²) in [6.07, 6.45) is 6.71. The Bertz CT molecular complexity index is 1030. The van der Waals surface area contributed by atoms with Crippen LogP contribution in [0.15, 0.2) is 72.8 Å². The molecule has 2 aromatic rings. The Labute approximate surface area is 191 Å². The number of allylic oxidation sites excluding steroid dienone is 2. The first-order valence-corrected chi connectivity index (χ1v) is 19.5. The van der Waals surface area contributed by atoms with Crippen molar-refractivity contribution in [2.45, 2.75) is 67.6 Å². The molecule has 0 nitrogen and oxygen atoms in total. The van der Waals surface area contributed by atoms with Gasteiger partial charge in [0, 0.05) is 13.5 Å². The van der Waals surface area contributed by atoms with E-state index in [1.165, 1.54) is 6.42 Å². The lowest BCUT2D eigenvalue weighted by molar-refractivity contribution is 0.417. The fraction of sp³-hybridized carbons (Fsp3) is 0.517. The number of fused-ring (bicyclic) bond motifs is 5. The molecule has 2 aromatic carbocycles. The topological polar surface area (TPSA) is 0 Å². The van der Waals surface area contributed by atoms with E-state index < -0.39 is 16.1 Å². The Hall–Kier alpha value is -1.39. The highest BCUT2D eigenvalue weighted by Gasteiger charge is 2.92. The van der Waals surface area contributed by atoms with Gasteiger partial charge in [-0.25, -0.2) is 0 Å². The van der Waals surface area contributed by atoms with Crippen LogP contribution in [0.2, 0.25) is 49.9 Å². The lowest BCUT2D eigenvalue weighted by Gasteiger charge is -2.37. The van der Waals surface area contributed by atoms with E-state index in [4.69, 9.17) is 0 Å². The highest BCUT2D eigenvalue weighted by atomic mass is 28.3. The molecule has 0 radical (unpaired) electrons. The van der Waals surface area contributed by atoms with Crippen molar-refractivity contribution in [1.29, 1.82) is 0 Å². The Morgan fingerprint density at radius 1 is 0.742 bits per heavy atom. The maximum absolute atomic E-state index is 2.70. The van der Waals surface area contributed by atoms with Crippen LogP contribution in [0.5, 0.6) is 0 Å². The second-order valence-electron chi connectivity index (χ2n) is 13.1. The number of benzene rings is 2. The number of hydrogen-bond donors (Lipinski definition) is 0. The highest BCUT2D eigenvalue weighted by molar-refractivity contribution is 6.81. The van der Waals surface area contributed by atoms with Crippen molar-refractivity contribution in [1.82, 2.24) is 0 Å². The van der Waals surface area contributed by atoms with E-state index in [0.29, 0.717) is 10.5 Å². The molecule has 6 rings (SSSR count). The van der Waals surface area contributed by atoms with Crippen molar-refractivity contribution in [3.8, 4) is 0 Å². The Balaban J connectivity index is 1.54. The summed E-state index contributed by atoms with van der Waals surface area (Å²) in [4.78, 5) is 0. The molecule has 0 heterocycles. The van der Waals surface area contributed by atoms with Crippen molar-refractivity contribution in [2.75, 3.05) is 0 Å².